The second kappa shape index (κ2) is 7.10. The molecule has 106 valence electrons. The summed E-state index contributed by atoms with van der Waals surface area (Å²) < 4.78 is 12.3. The van der Waals surface area contributed by atoms with Crippen LogP contribution in [-0.4, -0.2) is 37.0 Å². The molecule has 1 aliphatic heterocycles. The second-order valence-electron chi connectivity index (χ2n) is 6.24. The van der Waals surface area contributed by atoms with Gasteiger partial charge in [0.05, 0.1) is 6.61 Å². The average molecular weight is 257 g/mol. The lowest BCUT2D eigenvalue weighted by Crippen LogP contribution is -2.33. The Morgan fingerprint density at radius 3 is 2.72 bits per heavy atom. The van der Waals surface area contributed by atoms with Crippen molar-refractivity contribution in [2.75, 3.05) is 19.8 Å². The van der Waals surface area contributed by atoms with Gasteiger partial charge in [0.2, 0.25) is 0 Å². The first-order chi connectivity index (χ1) is 8.39. The molecule has 0 aromatic heterocycles. The van der Waals surface area contributed by atoms with Crippen LogP contribution in [0.3, 0.4) is 0 Å². The van der Waals surface area contributed by atoms with Gasteiger partial charge in [-0.3, -0.25) is 0 Å². The molecule has 0 N–H and O–H groups in total. The Bertz CT molecular complexity index is 268. The molecule has 1 unspecified atom stereocenters. The monoisotopic (exact) mass is 257 g/mol. The Kier molecular flexibility index (Phi) is 6.09. The van der Waals surface area contributed by atoms with Gasteiger partial charge in [-0.25, -0.2) is 4.74 Å². The number of ether oxygens (including phenoxy) is 2. The van der Waals surface area contributed by atoms with Crippen molar-refractivity contribution < 1.29 is 14.2 Å². The molecule has 1 saturated heterocycles. The lowest BCUT2D eigenvalue weighted by molar-refractivity contribution is -0.473. The molecule has 0 amide bonds. The van der Waals surface area contributed by atoms with Gasteiger partial charge in [0.25, 0.3) is 0 Å². The minimum atomic E-state index is -0.159. The van der Waals surface area contributed by atoms with Crippen molar-refractivity contribution in [3.8, 4) is 0 Å². The Balaban J connectivity index is 2.34. The summed E-state index contributed by atoms with van der Waals surface area (Å²) in [6.07, 6.45) is 4.89. The molecule has 1 heterocycles. The molecule has 1 aliphatic rings. The summed E-state index contributed by atoms with van der Waals surface area (Å²) in [5.41, 5.74) is -0.159. The predicted molar refractivity (Wildman–Crippen MR) is 72.7 cm³/mol. The van der Waals surface area contributed by atoms with Crippen LogP contribution >= 0.6 is 0 Å². The third kappa shape index (κ3) is 6.36. The van der Waals surface area contributed by atoms with E-state index in [0.29, 0.717) is 13.2 Å². The van der Waals surface area contributed by atoms with E-state index in [2.05, 4.69) is 13.8 Å². The molecule has 1 fully saturated rings. The number of hydroxylamine groups is 1. The Labute approximate surface area is 111 Å². The van der Waals surface area contributed by atoms with Crippen LogP contribution in [-0.2, 0) is 9.47 Å². The minimum Gasteiger partial charge on any atom is -0.624 e. The number of hydrogen-bond donors (Lipinski definition) is 0. The van der Waals surface area contributed by atoms with E-state index in [9.17, 15) is 5.21 Å². The summed E-state index contributed by atoms with van der Waals surface area (Å²) in [5.74, 6) is 0.279. The maximum atomic E-state index is 11.7. The first-order valence-electron chi connectivity index (χ1n) is 6.91. The standard InChI is InChI=1S/C14H27NO3/c1-12(2)9-15(16)10-14(3,4)11-18-13-7-5-6-8-17-13/h9,12-13H,5-8,10-11H2,1-4H3/b15-9-. The number of hydrogen-bond acceptors (Lipinski definition) is 3. The van der Waals surface area contributed by atoms with Gasteiger partial charge >= 0.3 is 0 Å². The van der Waals surface area contributed by atoms with Crippen LogP contribution in [0.15, 0.2) is 0 Å². The van der Waals surface area contributed by atoms with Crippen molar-refractivity contribution in [2.24, 2.45) is 11.3 Å². The number of nitrogens with zero attached hydrogens (tertiary/aromatic N) is 1. The van der Waals surface area contributed by atoms with Gasteiger partial charge in [0, 0.05) is 17.9 Å². The van der Waals surface area contributed by atoms with Crippen LogP contribution in [0, 0.1) is 16.5 Å². The largest absolute Gasteiger partial charge is 0.624 e. The molecule has 1 atom stereocenters. The van der Waals surface area contributed by atoms with Gasteiger partial charge in [-0.1, -0.05) is 27.7 Å². The van der Waals surface area contributed by atoms with Gasteiger partial charge in [-0.2, -0.15) is 0 Å². The number of rotatable bonds is 6. The Morgan fingerprint density at radius 1 is 1.44 bits per heavy atom. The fourth-order valence-electron chi connectivity index (χ4n) is 2.01. The van der Waals surface area contributed by atoms with E-state index in [1.165, 1.54) is 6.42 Å². The van der Waals surface area contributed by atoms with Crippen molar-refractivity contribution >= 4 is 6.21 Å². The molecule has 4 nitrogen and oxygen atoms in total. The van der Waals surface area contributed by atoms with E-state index in [0.717, 1.165) is 24.2 Å². The van der Waals surface area contributed by atoms with Gasteiger partial charge in [-0.05, 0) is 19.3 Å². The molecule has 18 heavy (non-hydrogen) atoms. The summed E-state index contributed by atoms with van der Waals surface area (Å²) in [6.45, 7) is 9.92. The lowest BCUT2D eigenvalue weighted by Gasteiger charge is -2.28. The highest BCUT2D eigenvalue weighted by molar-refractivity contribution is 5.53. The predicted octanol–water partition coefficient (Wildman–Crippen LogP) is 2.79. The summed E-state index contributed by atoms with van der Waals surface area (Å²) in [6, 6.07) is 0. The van der Waals surface area contributed by atoms with Gasteiger partial charge in [0.15, 0.2) is 19.0 Å². The summed E-state index contributed by atoms with van der Waals surface area (Å²) in [4.78, 5) is 0. The van der Waals surface area contributed by atoms with Crippen molar-refractivity contribution in [2.45, 2.75) is 53.2 Å². The van der Waals surface area contributed by atoms with Crippen LogP contribution in [0.25, 0.3) is 0 Å². The minimum absolute atomic E-state index is 0.0767. The summed E-state index contributed by atoms with van der Waals surface area (Å²) in [5, 5.41) is 11.7. The van der Waals surface area contributed by atoms with Crippen LogP contribution in [0.5, 0.6) is 0 Å². The maximum absolute atomic E-state index is 11.7. The quantitative estimate of drug-likeness (QED) is 0.318. The van der Waals surface area contributed by atoms with Crippen molar-refractivity contribution in [3.63, 3.8) is 0 Å². The van der Waals surface area contributed by atoms with E-state index in [4.69, 9.17) is 9.47 Å². The average Bonchev–Trinajstić information content (AvgIpc) is 2.26. The van der Waals surface area contributed by atoms with Crippen molar-refractivity contribution in [3.05, 3.63) is 5.21 Å². The highest BCUT2D eigenvalue weighted by Gasteiger charge is 2.25. The van der Waals surface area contributed by atoms with E-state index in [1.807, 2.05) is 13.8 Å². The van der Waals surface area contributed by atoms with E-state index in [-0.39, 0.29) is 17.6 Å². The fourth-order valence-corrected chi connectivity index (χ4v) is 2.01. The molecule has 1 rings (SSSR count). The first-order valence-corrected chi connectivity index (χ1v) is 6.91. The van der Waals surface area contributed by atoms with Gasteiger partial charge < -0.3 is 14.7 Å². The topological polar surface area (TPSA) is 44.5 Å². The third-order valence-corrected chi connectivity index (χ3v) is 2.85. The summed E-state index contributed by atoms with van der Waals surface area (Å²) in [7, 11) is 0. The van der Waals surface area contributed by atoms with E-state index >= 15 is 0 Å². The zero-order chi connectivity index (χ0) is 13.6. The Morgan fingerprint density at radius 2 is 2.17 bits per heavy atom. The van der Waals surface area contributed by atoms with Crippen LogP contribution in [0.2, 0.25) is 0 Å². The molecular weight excluding hydrogens is 230 g/mol. The third-order valence-electron chi connectivity index (χ3n) is 2.85. The smallest absolute Gasteiger partial charge is 0.160 e. The molecular formula is C14H27NO3. The van der Waals surface area contributed by atoms with E-state index in [1.54, 1.807) is 6.21 Å². The summed E-state index contributed by atoms with van der Waals surface area (Å²) >= 11 is 0. The molecule has 0 aliphatic carbocycles. The lowest BCUT2D eigenvalue weighted by atomic mass is 9.95. The normalized spacial score (nSPS) is 22.5. The van der Waals surface area contributed by atoms with Crippen LogP contribution < -0.4 is 0 Å². The molecule has 0 radical (unpaired) electrons. The molecule has 4 heteroatoms. The zero-order valence-corrected chi connectivity index (χ0v) is 12.1. The zero-order valence-electron chi connectivity index (χ0n) is 12.1. The van der Waals surface area contributed by atoms with Crippen LogP contribution in [0.1, 0.15) is 47.0 Å². The van der Waals surface area contributed by atoms with E-state index < -0.39 is 0 Å². The highest BCUT2D eigenvalue weighted by Crippen LogP contribution is 2.20. The highest BCUT2D eigenvalue weighted by atomic mass is 16.7. The molecule has 0 bridgehead atoms. The molecule has 0 aromatic carbocycles. The molecule has 0 spiro atoms. The van der Waals surface area contributed by atoms with Gasteiger partial charge in [0.1, 0.15) is 0 Å². The molecule has 0 aromatic rings. The Hall–Kier alpha value is -0.610. The van der Waals surface area contributed by atoms with Crippen molar-refractivity contribution in [1.82, 2.24) is 0 Å². The maximum Gasteiger partial charge on any atom is 0.160 e. The van der Waals surface area contributed by atoms with Crippen LogP contribution in [0.4, 0.5) is 0 Å². The van der Waals surface area contributed by atoms with Crippen molar-refractivity contribution in [1.29, 1.82) is 0 Å². The second-order valence-corrected chi connectivity index (χ2v) is 6.24. The van der Waals surface area contributed by atoms with Gasteiger partial charge in [-0.15, -0.1) is 0 Å². The fraction of sp³-hybridized carbons (Fsp3) is 0.929. The molecule has 0 saturated carbocycles. The SMILES string of the molecule is CC(C)/C=[N+](\[O-])CC(C)(C)COC1CCCCO1. The first kappa shape index (κ1) is 15.4.